The van der Waals surface area contributed by atoms with E-state index in [1.807, 2.05) is 33.8 Å². The van der Waals surface area contributed by atoms with Crippen molar-refractivity contribution in [3.63, 3.8) is 0 Å². The van der Waals surface area contributed by atoms with Crippen LogP contribution in [0.25, 0.3) is 0 Å². The first kappa shape index (κ1) is 18.2. The van der Waals surface area contributed by atoms with E-state index in [0.717, 1.165) is 0 Å². The molecule has 0 N–H and O–H groups in total. The second kappa shape index (κ2) is 6.63. The molecule has 132 valence electrons. The van der Waals surface area contributed by atoms with E-state index in [4.69, 9.17) is 25.6 Å². The Labute approximate surface area is 153 Å². The van der Waals surface area contributed by atoms with Gasteiger partial charge in [-0.2, -0.15) is 0 Å². The lowest BCUT2D eigenvalue weighted by Crippen LogP contribution is -2.41. The summed E-state index contributed by atoms with van der Waals surface area (Å²) in [5, 5.41) is 0.630. The van der Waals surface area contributed by atoms with E-state index >= 15 is 0 Å². The van der Waals surface area contributed by atoms with Crippen LogP contribution < -0.4 is 10.2 Å². The highest BCUT2D eigenvalue weighted by Crippen LogP contribution is 2.36. The molecule has 0 aromatic heterocycles. The SMILES string of the molecule is CC1(C)OB(c2ccc(COc3ccc(Cl)cc3)c(F)c2)OC1(C)C. The van der Waals surface area contributed by atoms with Crippen molar-refractivity contribution in [2.24, 2.45) is 0 Å². The Kier molecular flexibility index (Phi) is 4.84. The standard InChI is InChI=1S/C19H21BClFO3/c1-18(2)19(3,4)25-20(24-18)14-6-5-13(17(22)11-14)12-23-16-9-7-15(21)8-10-16/h5-11H,12H2,1-4H3. The monoisotopic (exact) mass is 362 g/mol. The molecule has 1 saturated heterocycles. The second-order valence-corrected chi connectivity index (χ2v) is 7.62. The number of hydrogen-bond donors (Lipinski definition) is 0. The molecule has 0 bridgehead atoms. The topological polar surface area (TPSA) is 27.7 Å². The van der Waals surface area contributed by atoms with Crippen molar-refractivity contribution in [2.45, 2.75) is 45.5 Å². The van der Waals surface area contributed by atoms with Gasteiger partial charge in [0.05, 0.1) is 11.2 Å². The summed E-state index contributed by atoms with van der Waals surface area (Å²) in [7, 11) is -0.578. The van der Waals surface area contributed by atoms with Gasteiger partial charge in [0.15, 0.2) is 0 Å². The zero-order chi connectivity index (χ0) is 18.2. The van der Waals surface area contributed by atoms with Gasteiger partial charge in [0, 0.05) is 10.6 Å². The summed E-state index contributed by atoms with van der Waals surface area (Å²) in [6, 6.07) is 11.9. The first-order valence-electron chi connectivity index (χ1n) is 8.20. The van der Waals surface area contributed by atoms with E-state index in [0.29, 0.717) is 21.8 Å². The minimum Gasteiger partial charge on any atom is -0.489 e. The number of ether oxygens (including phenoxy) is 1. The quantitative estimate of drug-likeness (QED) is 0.757. The molecule has 1 aliphatic rings. The normalized spacial score (nSPS) is 18.4. The van der Waals surface area contributed by atoms with Crippen LogP contribution in [0, 0.1) is 5.82 Å². The van der Waals surface area contributed by atoms with Gasteiger partial charge in [-0.3, -0.25) is 0 Å². The van der Waals surface area contributed by atoms with Crippen molar-refractivity contribution in [1.82, 2.24) is 0 Å². The van der Waals surface area contributed by atoms with E-state index < -0.39 is 18.3 Å². The largest absolute Gasteiger partial charge is 0.494 e. The van der Waals surface area contributed by atoms with Crippen LogP contribution in [0.5, 0.6) is 5.75 Å². The Hall–Kier alpha value is -1.56. The van der Waals surface area contributed by atoms with E-state index in [2.05, 4.69) is 0 Å². The van der Waals surface area contributed by atoms with Crippen LogP contribution in [0.2, 0.25) is 5.02 Å². The molecule has 2 aromatic rings. The highest BCUT2D eigenvalue weighted by atomic mass is 35.5. The molecule has 25 heavy (non-hydrogen) atoms. The molecule has 1 fully saturated rings. The first-order chi connectivity index (χ1) is 11.7. The highest BCUT2D eigenvalue weighted by Gasteiger charge is 2.51. The molecule has 3 nitrogen and oxygen atoms in total. The van der Waals surface area contributed by atoms with Gasteiger partial charge in [-0.25, -0.2) is 4.39 Å². The summed E-state index contributed by atoms with van der Waals surface area (Å²) in [6.07, 6.45) is 0. The third-order valence-electron chi connectivity index (χ3n) is 4.81. The molecule has 0 spiro atoms. The minimum absolute atomic E-state index is 0.136. The van der Waals surface area contributed by atoms with Crippen LogP contribution in [0.3, 0.4) is 0 Å². The first-order valence-corrected chi connectivity index (χ1v) is 8.58. The third kappa shape index (κ3) is 3.84. The smallest absolute Gasteiger partial charge is 0.489 e. The zero-order valence-electron chi connectivity index (χ0n) is 14.8. The van der Waals surface area contributed by atoms with Crippen molar-refractivity contribution >= 4 is 24.2 Å². The van der Waals surface area contributed by atoms with Crippen LogP contribution in [0.1, 0.15) is 33.3 Å². The summed E-state index contributed by atoms with van der Waals surface area (Å²) in [6.45, 7) is 8.02. The summed E-state index contributed by atoms with van der Waals surface area (Å²) in [4.78, 5) is 0. The Morgan fingerprint density at radius 3 is 2.16 bits per heavy atom. The fourth-order valence-electron chi connectivity index (χ4n) is 2.50. The number of benzene rings is 2. The van der Waals surface area contributed by atoms with Gasteiger partial charge in [-0.1, -0.05) is 23.7 Å². The number of halogens is 2. The molecule has 1 aliphatic heterocycles. The molecule has 0 unspecified atom stereocenters. The van der Waals surface area contributed by atoms with Gasteiger partial charge in [0.25, 0.3) is 0 Å². The molecule has 0 radical (unpaired) electrons. The van der Waals surface area contributed by atoms with Crippen molar-refractivity contribution in [2.75, 3.05) is 0 Å². The van der Waals surface area contributed by atoms with Crippen molar-refractivity contribution in [1.29, 1.82) is 0 Å². The Bertz CT molecular complexity index is 746. The molecule has 0 saturated carbocycles. The Balaban J connectivity index is 1.70. The lowest BCUT2D eigenvalue weighted by molar-refractivity contribution is 0.00578. The predicted molar refractivity (Wildman–Crippen MR) is 97.9 cm³/mol. The van der Waals surface area contributed by atoms with Gasteiger partial charge in [-0.15, -0.1) is 0 Å². The maximum Gasteiger partial charge on any atom is 0.494 e. The molecular formula is C19H21BClFO3. The predicted octanol–water partition coefficient (Wildman–Crippen LogP) is 4.36. The van der Waals surface area contributed by atoms with Gasteiger partial charge in [-0.05, 0) is 63.5 Å². The molecule has 6 heteroatoms. The molecule has 0 amide bonds. The summed E-state index contributed by atoms with van der Waals surface area (Å²) < 4.78 is 31.9. The fraction of sp³-hybridized carbons (Fsp3) is 0.368. The molecule has 2 aromatic carbocycles. The van der Waals surface area contributed by atoms with E-state index in [1.54, 1.807) is 30.3 Å². The molecule has 3 rings (SSSR count). The molecule has 1 heterocycles. The van der Waals surface area contributed by atoms with Crippen LogP contribution in [-0.2, 0) is 15.9 Å². The Morgan fingerprint density at radius 1 is 1.00 bits per heavy atom. The lowest BCUT2D eigenvalue weighted by atomic mass is 9.79. The van der Waals surface area contributed by atoms with Crippen LogP contribution in [0.15, 0.2) is 42.5 Å². The number of rotatable bonds is 4. The van der Waals surface area contributed by atoms with E-state index in [9.17, 15) is 4.39 Å². The Morgan fingerprint density at radius 2 is 1.60 bits per heavy atom. The van der Waals surface area contributed by atoms with E-state index in [1.165, 1.54) is 6.07 Å². The maximum atomic E-state index is 14.4. The second-order valence-electron chi connectivity index (χ2n) is 7.18. The number of hydrogen-bond acceptors (Lipinski definition) is 3. The molecular weight excluding hydrogens is 341 g/mol. The minimum atomic E-state index is -0.578. The lowest BCUT2D eigenvalue weighted by Gasteiger charge is -2.32. The fourth-order valence-corrected chi connectivity index (χ4v) is 2.62. The zero-order valence-corrected chi connectivity index (χ0v) is 15.6. The van der Waals surface area contributed by atoms with Gasteiger partial charge >= 0.3 is 7.12 Å². The van der Waals surface area contributed by atoms with Gasteiger partial charge < -0.3 is 14.0 Å². The molecule has 0 aliphatic carbocycles. The average Bonchev–Trinajstić information content (AvgIpc) is 2.76. The van der Waals surface area contributed by atoms with Gasteiger partial charge in [0.2, 0.25) is 0 Å². The highest BCUT2D eigenvalue weighted by molar-refractivity contribution is 6.62. The molecule has 0 atom stereocenters. The summed E-state index contributed by atoms with van der Waals surface area (Å²) in [5.74, 6) is 0.292. The van der Waals surface area contributed by atoms with E-state index in [-0.39, 0.29) is 12.4 Å². The maximum absolute atomic E-state index is 14.4. The van der Waals surface area contributed by atoms with Crippen molar-refractivity contribution in [3.05, 3.63) is 58.9 Å². The van der Waals surface area contributed by atoms with Crippen molar-refractivity contribution < 1.29 is 18.4 Å². The summed E-state index contributed by atoms with van der Waals surface area (Å²) >= 11 is 5.83. The van der Waals surface area contributed by atoms with Crippen molar-refractivity contribution in [3.8, 4) is 5.75 Å². The van der Waals surface area contributed by atoms with Crippen LogP contribution >= 0.6 is 11.6 Å². The third-order valence-corrected chi connectivity index (χ3v) is 5.06. The van der Waals surface area contributed by atoms with Crippen LogP contribution in [-0.4, -0.2) is 18.3 Å². The average molecular weight is 363 g/mol. The summed E-state index contributed by atoms with van der Waals surface area (Å²) in [5.41, 5.74) is 0.219. The van der Waals surface area contributed by atoms with Crippen LogP contribution in [0.4, 0.5) is 4.39 Å². The van der Waals surface area contributed by atoms with Gasteiger partial charge in [0.1, 0.15) is 18.2 Å².